The van der Waals surface area contributed by atoms with E-state index < -0.39 is 5.97 Å². The second-order valence-electron chi connectivity index (χ2n) is 4.48. The van der Waals surface area contributed by atoms with Crippen LogP contribution in [0.2, 0.25) is 0 Å². The molecule has 0 radical (unpaired) electrons. The SMILES string of the molecule is COC(=O)c1ccc(OCC(=O)NCCc2cccs2)cc1. The number of rotatable bonds is 7. The van der Waals surface area contributed by atoms with E-state index in [4.69, 9.17) is 4.74 Å². The van der Waals surface area contributed by atoms with E-state index in [1.165, 1.54) is 12.0 Å². The first-order valence-electron chi connectivity index (χ1n) is 6.79. The minimum atomic E-state index is -0.405. The zero-order chi connectivity index (χ0) is 15.8. The van der Waals surface area contributed by atoms with Crippen molar-refractivity contribution in [3.05, 3.63) is 52.2 Å². The van der Waals surface area contributed by atoms with Crippen molar-refractivity contribution in [1.29, 1.82) is 0 Å². The van der Waals surface area contributed by atoms with Gasteiger partial charge in [0.05, 0.1) is 12.7 Å². The fourth-order valence-corrected chi connectivity index (χ4v) is 2.49. The average Bonchev–Trinajstić information content (AvgIpc) is 3.06. The van der Waals surface area contributed by atoms with Crippen molar-refractivity contribution in [2.24, 2.45) is 0 Å². The molecule has 22 heavy (non-hydrogen) atoms. The second kappa shape index (κ2) is 8.19. The Morgan fingerprint density at radius 3 is 2.59 bits per heavy atom. The molecule has 116 valence electrons. The quantitative estimate of drug-likeness (QED) is 0.795. The van der Waals surface area contributed by atoms with Gasteiger partial charge in [-0.25, -0.2) is 4.79 Å². The molecule has 0 unspecified atom stereocenters. The lowest BCUT2D eigenvalue weighted by atomic mass is 10.2. The third-order valence-electron chi connectivity index (χ3n) is 2.92. The number of methoxy groups -OCH3 is 1. The molecule has 0 bridgehead atoms. The molecule has 0 atom stereocenters. The maximum atomic E-state index is 11.7. The van der Waals surface area contributed by atoms with Crippen LogP contribution in [0.5, 0.6) is 5.75 Å². The van der Waals surface area contributed by atoms with Crippen molar-refractivity contribution in [2.75, 3.05) is 20.3 Å². The molecule has 6 heteroatoms. The van der Waals surface area contributed by atoms with Crippen molar-refractivity contribution in [2.45, 2.75) is 6.42 Å². The molecule has 0 aliphatic carbocycles. The Morgan fingerprint density at radius 1 is 1.18 bits per heavy atom. The first kappa shape index (κ1) is 16.0. The van der Waals surface area contributed by atoms with Crippen LogP contribution in [-0.4, -0.2) is 32.1 Å². The first-order valence-corrected chi connectivity index (χ1v) is 7.67. The molecule has 0 aliphatic rings. The van der Waals surface area contributed by atoms with Crippen LogP contribution in [-0.2, 0) is 16.0 Å². The summed E-state index contributed by atoms with van der Waals surface area (Å²) in [5.74, 6) is -0.0486. The van der Waals surface area contributed by atoms with Gasteiger partial charge in [0.1, 0.15) is 5.75 Å². The van der Waals surface area contributed by atoms with E-state index in [2.05, 4.69) is 10.1 Å². The second-order valence-corrected chi connectivity index (χ2v) is 5.52. The summed E-state index contributed by atoms with van der Waals surface area (Å²) in [7, 11) is 1.33. The standard InChI is InChI=1S/C16H17NO4S/c1-20-16(19)12-4-6-13(7-5-12)21-11-15(18)17-9-8-14-3-2-10-22-14/h2-7,10H,8-9,11H2,1H3,(H,17,18). The predicted octanol–water partition coefficient (Wildman–Crippen LogP) is 2.27. The van der Waals surface area contributed by atoms with Crippen molar-refractivity contribution in [1.82, 2.24) is 5.32 Å². The summed E-state index contributed by atoms with van der Waals surface area (Å²) in [6, 6.07) is 10.5. The van der Waals surface area contributed by atoms with Gasteiger partial charge in [-0.2, -0.15) is 0 Å². The van der Waals surface area contributed by atoms with Crippen molar-refractivity contribution in [3.63, 3.8) is 0 Å². The Hall–Kier alpha value is -2.34. The Balaban J connectivity index is 1.70. The van der Waals surface area contributed by atoms with Gasteiger partial charge in [0.15, 0.2) is 6.61 Å². The molecule has 0 fully saturated rings. The third-order valence-corrected chi connectivity index (χ3v) is 3.86. The van der Waals surface area contributed by atoms with Crippen LogP contribution < -0.4 is 10.1 Å². The highest BCUT2D eigenvalue weighted by Crippen LogP contribution is 2.12. The Labute approximate surface area is 132 Å². The van der Waals surface area contributed by atoms with E-state index in [0.29, 0.717) is 17.9 Å². The lowest BCUT2D eigenvalue weighted by molar-refractivity contribution is -0.123. The number of carbonyl (C=O) groups excluding carboxylic acids is 2. The smallest absolute Gasteiger partial charge is 0.337 e. The number of hydrogen-bond donors (Lipinski definition) is 1. The summed E-state index contributed by atoms with van der Waals surface area (Å²) in [4.78, 5) is 24.2. The molecule has 0 aliphatic heterocycles. The highest BCUT2D eigenvalue weighted by Gasteiger charge is 2.06. The van der Waals surface area contributed by atoms with Gasteiger partial charge in [-0.1, -0.05) is 6.07 Å². The summed E-state index contributed by atoms with van der Waals surface area (Å²) in [5.41, 5.74) is 0.440. The lowest BCUT2D eigenvalue weighted by Crippen LogP contribution is -2.30. The summed E-state index contributed by atoms with van der Waals surface area (Å²) < 4.78 is 9.97. The van der Waals surface area contributed by atoms with Crippen LogP contribution in [0.1, 0.15) is 15.2 Å². The Kier molecular flexibility index (Phi) is 5.97. The summed E-state index contributed by atoms with van der Waals surface area (Å²) in [6.07, 6.45) is 0.817. The molecule has 1 N–H and O–H groups in total. The van der Waals surface area contributed by atoms with Gasteiger partial charge in [-0.3, -0.25) is 4.79 Å². The van der Waals surface area contributed by atoms with Gasteiger partial charge in [0, 0.05) is 11.4 Å². The molecule has 5 nitrogen and oxygen atoms in total. The molecular weight excluding hydrogens is 302 g/mol. The van der Waals surface area contributed by atoms with Gasteiger partial charge in [0.25, 0.3) is 5.91 Å². The van der Waals surface area contributed by atoms with E-state index in [9.17, 15) is 9.59 Å². The highest BCUT2D eigenvalue weighted by molar-refractivity contribution is 7.09. The minimum Gasteiger partial charge on any atom is -0.484 e. The molecule has 1 heterocycles. The lowest BCUT2D eigenvalue weighted by Gasteiger charge is -2.07. The van der Waals surface area contributed by atoms with Crippen LogP contribution >= 0.6 is 11.3 Å². The van der Waals surface area contributed by atoms with Crippen molar-refractivity contribution >= 4 is 23.2 Å². The van der Waals surface area contributed by atoms with Gasteiger partial charge >= 0.3 is 5.97 Å². The normalized spacial score (nSPS) is 10.0. The Morgan fingerprint density at radius 2 is 1.95 bits per heavy atom. The molecule has 1 amide bonds. The highest BCUT2D eigenvalue weighted by atomic mass is 32.1. The molecule has 2 rings (SSSR count). The Bertz CT molecular complexity index is 608. The van der Waals surface area contributed by atoms with Crippen LogP contribution in [0.25, 0.3) is 0 Å². The van der Waals surface area contributed by atoms with Gasteiger partial charge in [-0.05, 0) is 42.1 Å². The van der Waals surface area contributed by atoms with Crippen LogP contribution in [0, 0.1) is 0 Å². The molecule has 1 aromatic heterocycles. The number of thiophene rings is 1. The molecule has 0 spiro atoms. The monoisotopic (exact) mass is 319 g/mol. The maximum absolute atomic E-state index is 11.7. The van der Waals surface area contributed by atoms with E-state index in [1.54, 1.807) is 35.6 Å². The van der Waals surface area contributed by atoms with E-state index in [0.717, 1.165) is 6.42 Å². The number of ether oxygens (including phenoxy) is 2. The molecule has 0 saturated carbocycles. The maximum Gasteiger partial charge on any atom is 0.337 e. The molecule has 2 aromatic rings. The number of esters is 1. The van der Waals surface area contributed by atoms with E-state index >= 15 is 0 Å². The summed E-state index contributed by atoms with van der Waals surface area (Å²) in [5, 5.41) is 4.81. The third kappa shape index (κ3) is 4.89. The van der Waals surface area contributed by atoms with Crippen LogP contribution in [0.3, 0.4) is 0 Å². The van der Waals surface area contributed by atoms with Crippen molar-refractivity contribution < 1.29 is 19.1 Å². The zero-order valence-electron chi connectivity index (χ0n) is 12.2. The summed E-state index contributed by atoms with van der Waals surface area (Å²) in [6.45, 7) is 0.534. The number of carbonyl (C=O) groups is 2. The number of hydrogen-bond acceptors (Lipinski definition) is 5. The fraction of sp³-hybridized carbons (Fsp3) is 0.250. The van der Waals surface area contributed by atoms with Gasteiger partial charge < -0.3 is 14.8 Å². The van der Waals surface area contributed by atoms with Crippen LogP contribution in [0.15, 0.2) is 41.8 Å². The average molecular weight is 319 g/mol. The molecule has 1 aromatic carbocycles. The van der Waals surface area contributed by atoms with Crippen molar-refractivity contribution in [3.8, 4) is 5.75 Å². The van der Waals surface area contributed by atoms with Gasteiger partial charge in [-0.15, -0.1) is 11.3 Å². The number of nitrogens with one attached hydrogen (secondary N) is 1. The first-order chi connectivity index (χ1) is 10.7. The fourth-order valence-electron chi connectivity index (χ4n) is 1.78. The number of benzene rings is 1. The summed E-state index contributed by atoms with van der Waals surface area (Å²) >= 11 is 1.67. The largest absolute Gasteiger partial charge is 0.484 e. The van der Waals surface area contributed by atoms with E-state index in [1.807, 2.05) is 17.5 Å². The zero-order valence-corrected chi connectivity index (χ0v) is 13.0. The number of amides is 1. The van der Waals surface area contributed by atoms with E-state index in [-0.39, 0.29) is 12.5 Å². The predicted molar refractivity (Wildman–Crippen MR) is 84.3 cm³/mol. The van der Waals surface area contributed by atoms with Crippen LogP contribution in [0.4, 0.5) is 0 Å². The topological polar surface area (TPSA) is 64.6 Å². The minimum absolute atomic E-state index is 0.0536. The van der Waals surface area contributed by atoms with Gasteiger partial charge in [0.2, 0.25) is 0 Å². The molecular formula is C16H17NO4S. The molecule has 0 saturated heterocycles.